The van der Waals surface area contributed by atoms with Crippen molar-refractivity contribution in [2.45, 2.75) is 38.1 Å². The van der Waals surface area contributed by atoms with E-state index in [1.807, 2.05) is 31.2 Å². The van der Waals surface area contributed by atoms with E-state index < -0.39 is 6.10 Å². The minimum atomic E-state index is -0.656. The molecule has 0 bridgehead atoms. The average molecular weight is 355 g/mol. The lowest BCUT2D eigenvalue weighted by molar-refractivity contribution is -0.147. The Balaban J connectivity index is 1.43. The van der Waals surface area contributed by atoms with E-state index in [0.717, 1.165) is 12.8 Å². The first-order chi connectivity index (χ1) is 12.7. The molecule has 0 N–H and O–H groups in total. The van der Waals surface area contributed by atoms with Crippen LogP contribution in [0.2, 0.25) is 0 Å². The van der Waals surface area contributed by atoms with Crippen LogP contribution in [0.5, 0.6) is 17.5 Å². The highest BCUT2D eigenvalue weighted by Crippen LogP contribution is 2.34. The number of para-hydroxylation sites is 2. The summed E-state index contributed by atoms with van der Waals surface area (Å²) in [6, 6.07) is 9.49. The molecule has 2 aliphatic heterocycles. The van der Waals surface area contributed by atoms with Crippen LogP contribution >= 0.6 is 0 Å². The molecule has 0 radical (unpaired) electrons. The normalized spacial score (nSPS) is 24.8. The predicted molar refractivity (Wildman–Crippen MR) is 93.2 cm³/mol. The van der Waals surface area contributed by atoms with E-state index in [0.29, 0.717) is 30.6 Å². The lowest BCUT2D eigenvalue weighted by Gasteiger charge is -2.37. The van der Waals surface area contributed by atoms with Gasteiger partial charge in [-0.2, -0.15) is 0 Å². The van der Waals surface area contributed by atoms with Gasteiger partial charge in [-0.3, -0.25) is 4.79 Å². The fraction of sp³-hybridized carbons (Fsp3) is 0.421. The van der Waals surface area contributed by atoms with Crippen molar-refractivity contribution in [1.29, 1.82) is 0 Å². The number of carbonyl (C=O) groups is 1. The summed E-state index contributed by atoms with van der Waals surface area (Å²) in [5.74, 6) is 1.20. The minimum Gasteiger partial charge on any atom is -0.482 e. The number of likely N-dealkylation sites (tertiary alicyclic amines) is 1. The SMILES string of the molecule is CC1Oc2ccccc2OC1C(=O)N1CCCC(Oc2ncccn2)C1. The van der Waals surface area contributed by atoms with Gasteiger partial charge >= 0.3 is 6.01 Å². The summed E-state index contributed by atoms with van der Waals surface area (Å²) in [7, 11) is 0. The number of rotatable bonds is 3. The Bertz CT molecular complexity index is 770. The Morgan fingerprint density at radius 3 is 2.65 bits per heavy atom. The van der Waals surface area contributed by atoms with Gasteiger partial charge in [0.2, 0.25) is 6.10 Å². The molecule has 4 rings (SSSR count). The summed E-state index contributed by atoms with van der Waals surface area (Å²) < 4.78 is 17.6. The van der Waals surface area contributed by atoms with Crippen LogP contribution in [-0.2, 0) is 4.79 Å². The van der Waals surface area contributed by atoms with Crippen LogP contribution in [0.15, 0.2) is 42.7 Å². The Labute approximate surface area is 151 Å². The number of piperidine rings is 1. The van der Waals surface area contributed by atoms with Crippen LogP contribution in [-0.4, -0.2) is 52.2 Å². The summed E-state index contributed by atoms with van der Waals surface area (Å²) in [6.07, 6.45) is 3.88. The molecule has 7 nitrogen and oxygen atoms in total. The zero-order valence-electron chi connectivity index (χ0n) is 14.6. The molecule has 7 heteroatoms. The third kappa shape index (κ3) is 3.42. The number of nitrogens with zero attached hydrogens (tertiary/aromatic N) is 3. The third-order valence-electron chi connectivity index (χ3n) is 4.59. The second kappa shape index (κ2) is 7.19. The van der Waals surface area contributed by atoms with Gasteiger partial charge in [-0.25, -0.2) is 9.97 Å². The lowest BCUT2D eigenvalue weighted by Crippen LogP contribution is -2.54. The predicted octanol–water partition coefficient (Wildman–Crippen LogP) is 2.07. The molecule has 136 valence electrons. The number of carbonyl (C=O) groups excluding carboxylic acids is 1. The van der Waals surface area contributed by atoms with Crippen LogP contribution in [0.25, 0.3) is 0 Å². The molecular weight excluding hydrogens is 334 g/mol. The van der Waals surface area contributed by atoms with Gasteiger partial charge < -0.3 is 19.1 Å². The van der Waals surface area contributed by atoms with Gasteiger partial charge in [0, 0.05) is 18.9 Å². The fourth-order valence-corrected chi connectivity index (χ4v) is 3.30. The Morgan fingerprint density at radius 2 is 1.88 bits per heavy atom. The van der Waals surface area contributed by atoms with E-state index in [4.69, 9.17) is 14.2 Å². The van der Waals surface area contributed by atoms with Crippen molar-refractivity contribution in [1.82, 2.24) is 14.9 Å². The molecule has 26 heavy (non-hydrogen) atoms. The molecule has 1 fully saturated rings. The van der Waals surface area contributed by atoms with E-state index in [1.165, 1.54) is 0 Å². The topological polar surface area (TPSA) is 73.8 Å². The highest BCUT2D eigenvalue weighted by molar-refractivity contribution is 5.82. The zero-order chi connectivity index (χ0) is 17.9. The van der Waals surface area contributed by atoms with Crippen molar-refractivity contribution >= 4 is 5.91 Å². The van der Waals surface area contributed by atoms with Crippen LogP contribution in [0.3, 0.4) is 0 Å². The molecule has 1 amide bonds. The van der Waals surface area contributed by atoms with Gasteiger partial charge in [-0.1, -0.05) is 12.1 Å². The van der Waals surface area contributed by atoms with Gasteiger partial charge in [0.15, 0.2) is 11.5 Å². The third-order valence-corrected chi connectivity index (χ3v) is 4.59. The molecule has 3 atom stereocenters. The van der Waals surface area contributed by atoms with Gasteiger partial charge in [0.25, 0.3) is 5.91 Å². The van der Waals surface area contributed by atoms with Crippen LogP contribution in [0.1, 0.15) is 19.8 Å². The summed E-state index contributed by atoms with van der Waals surface area (Å²) in [5.41, 5.74) is 0. The maximum absolute atomic E-state index is 13.0. The van der Waals surface area contributed by atoms with Crippen LogP contribution < -0.4 is 14.2 Å². The van der Waals surface area contributed by atoms with Crippen molar-refractivity contribution in [2.24, 2.45) is 0 Å². The Morgan fingerprint density at radius 1 is 1.15 bits per heavy atom. The van der Waals surface area contributed by atoms with E-state index >= 15 is 0 Å². The van der Waals surface area contributed by atoms with Crippen molar-refractivity contribution < 1.29 is 19.0 Å². The fourth-order valence-electron chi connectivity index (χ4n) is 3.30. The number of benzene rings is 1. The zero-order valence-corrected chi connectivity index (χ0v) is 14.6. The molecule has 0 spiro atoms. The number of hydrogen-bond donors (Lipinski definition) is 0. The minimum absolute atomic E-state index is 0.0747. The maximum atomic E-state index is 13.0. The van der Waals surface area contributed by atoms with Gasteiger partial charge in [-0.05, 0) is 38.0 Å². The first-order valence-electron chi connectivity index (χ1n) is 8.85. The molecule has 3 heterocycles. The van der Waals surface area contributed by atoms with Crippen LogP contribution in [0, 0.1) is 0 Å². The monoisotopic (exact) mass is 355 g/mol. The molecule has 2 aliphatic rings. The first-order valence-corrected chi connectivity index (χ1v) is 8.85. The molecule has 3 unspecified atom stereocenters. The van der Waals surface area contributed by atoms with Crippen molar-refractivity contribution in [3.05, 3.63) is 42.7 Å². The molecule has 2 aromatic rings. The van der Waals surface area contributed by atoms with E-state index in [-0.39, 0.29) is 18.1 Å². The van der Waals surface area contributed by atoms with Gasteiger partial charge in [0.1, 0.15) is 12.2 Å². The lowest BCUT2D eigenvalue weighted by atomic mass is 10.1. The van der Waals surface area contributed by atoms with Gasteiger partial charge in [0.05, 0.1) is 6.54 Å². The number of amides is 1. The second-order valence-corrected chi connectivity index (χ2v) is 6.51. The number of hydrogen-bond acceptors (Lipinski definition) is 6. The van der Waals surface area contributed by atoms with Crippen molar-refractivity contribution in [2.75, 3.05) is 13.1 Å². The van der Waals surface area contributed by atoms with Crippen molar-refractivity contribution in [3.63, 3.8) is 0 Å². The average Bonchev–Trinajstić information content (AvgIpc) is 2.68. The molecule has 1 saturated heterocycles. The first kappa shape index (κ1) is 16.6. The van der Waals surface area contributed by atoms with Crippen molar-refractivity contribution in [3.8, 4) is 17.5 Å². The highest BCUT2D eigenvalue weighted by atomic mass is 16.6. The quantitative estimate of drug-likeness (QED) is 0.839. The Hall–Kier alpha value is -2.83. The second-order valence-electron chi connectivity index (χ2n) is 6.51. The number of ether oxygens (including phenoxy) is 3. The molecule has 0 aliphatic carbocycles. The van der Waals surface area contributed by atoms with E-state index in [1.54, 1.807) is 23.4 Å². The molecule has 1 aromatic heterocycles. The summed E-state index contributed by atoms with van der Waals surface area (Å²) >= 11 is 0. The maximum Gasteiger partial charge on any atom is 0.316 e. The summed E-state index contributed by atoms with van der Waals surface area (Å²) in [6.45, 7) is 3.03. The molecule has 1 aromatic carbocycles. The largest absolute Gasteiger partial charge is 0.482 e. The van der Waals surface area contributed by atoms with Crippen LogP contribution in [0.4, 0.5) is 0 Å². The Kier molecular flexibility index (Phi) is 4.60. The van der Waals surface area contributed by atoms with E-state index in [2.05, 4.69) is 9.97 Å². The molecule has 0 saturated carbocycles. The number of aromatic nitrogens is 2. The summed E-state index contributed by atoms with van der Waals surface area (Å²) in [5, 5.41) is 0. The number of fused-ring (bicyclic) bond motifs is 1. The smallest absolute Gasteiger partial charge is 0.316 e. The van der Waals surface area contributed by atoms with E-state index in [9.17, 15) is 4.79 Å². The standard InChI is InChI=1S/C19H21N3O4/c1-13-17(26-16-8-3-2-7-15(16)24-13)18(23)22-11-4-6-14(12-22)25-19-20-9-5-10-21-19/h2-3,5,7-10,13-14,17H,4,6,11-12H2,1H3. The van der Waals surface area contributed by atoms with Gasteiger partial charge in [-0.15, -0.1) is 0 Å². The molecular formula is C19H21N3O4. The highest BCUT2D eigenvalue weighted by Gasteiger charge is 2.38. The summed E-state index contributed by atoms with van der Waals surface area (Å²) in [4.78, 5) is 23.0.